The molecule has 1 aliphatic rings. The maximum atomic E-state index is 12.0. The molecule has 128 valence electrons. The van der Waals surface area contributed by atoms with Crippen LogP contribution >= 0.6 is 0 Å². The van der Waals surface area contributed by atoms with Crippen LogP contribution in [0.4, 0.5) is 0 Å². The van der Waals surface area contributed by atoms with Crippen LogP contribution < -0.4 is 14.8 Å². The summed E-state index contributed by atoms with van der Waals surface area (Å²) in [6.45, 7) is -0.434. The SMILES string of the molecule is COc1ccc(C(=O)OCC(=O)NC2(C#N)CCCC2)cc1OC. The number of amides is 1. The Labute approximate surface area is 140 Å². The van der Waals surface area contributed by atoms with Crippen molar-refractivity contribution in [2.45, 2.75) is 31.2 Å². The van der Waals surface area contributed by atoms with Crippen molar-refractivity contribution in [3.63, 3.8) is 0 Å². The normalized spacial score (nSPS) is 15.2. The van der Waals surface area contributed by atoms with Gasteiger partial charge in [0.25, 0.3) is 5.91 Å². The maximum absolute atomic E-state index is 12.0. The quantitative estimate of drug-likeness (QED) is 0.798. The Morgan fingerprint density at radius 1 is 1.21 bits per heavy atom. The van der Waals surface area contributed by atoms with Gasteiger partial charge in [0.15, 0.2) is 18.1 Å². The number of carbonyl (C=O) groups is 2. The van der Waals surface area contributed by atoms with Crippen molar-refractivity contribution in [3.8, 4) is 17.6 Å². The Bertz CT molecular complexity index is 659. The number of methoxy groups -OCH3 is 2. The van der Waals surface area contributed by atoms with Gasteiger partial charge in [-0.25, -0.2) is 4.79 Å². The number of rotatable bonds is 6. The number of hydrogen-bond donors (Lipinski definition) is 1. The summed E-state index contributed by atoms with van der Waals surface area (Å²) in [7, 11) is 2.96. The third kappa shape index (κ3) is 3.96. The summed E-state index contributed by atoms with van der Waals surface area (Å²) in [6.07, 6.45) is 3.05. The van der Waals surface area contributed by atoms with E-state index in [1.807, 2.05) is 0 Å². The molecule has 1 amide bonds. The molecule has 1 aliphatic carbocycles. The van der Waals surface area contributed by atoms with Crippen molar-refractivity contribution in [1.82, 2.24) is 5.32 Å². The second-order valence-electron chi connectivity index (χ2n) is 5.60. The molecule has 24 heavy (non-hydrogen) atoms. The molecule has 1 saturated carbocycles. The number of benzene rings is 1. The first-order valence-corrected chi connectivity index (χ1v) is 7.65. The van der Waals surface area contributed by atoms with E-state index in [1.54, 1.807) is 6.07 Å². The molecule has 1 aromatic carbocycles. The molecule has 1 aromatic rings. The van der Waals surface area contributed by atoms with E-state index in [-0.39, 0.29) is 5.56 Å². The van der Waals surface area contributed by atoms with Gasteiger partial charge in [-0.1, -0.05) is 0 Å². The van der Waals surface area contributed by atoms with Gasteiger partial charge in [0.1, 0.15) is 5.54 Å². The van der Waals surface area contributed by atoms with Gasteiger partial charge in [0.2, 0.25) is 0 Å². The van der Waals surface area contributed by atoms with Crippen LogP contribution in [0.2, 0.25) is 0 Å². The molecule has 0 unspecified atom stereocenters. The molecule has 1 N–H and O–H groups in total. The summed E-state index contributed by atoms with van der Waals surface area (Å²) in [5.41, 5.74) is -0.580. The summed E-state index contributed by atoms with van der Waals surface area (Å²) < 4.78 is 15.2. The first kappa shape index (κ1) is 17.6. The van der Waals surface area contributed by atoms with Gasteiger partial charge < -0.3 is 19.5 Å². The fraction of sp³-hybridized carbons (Fsp3) is 0.471. The Hall–Kier alpha value is -2.75. The predicted octanol–water partition coefficient (Wildman–Crippen LogP) is 1.81. The molecule has 1 fully saturated rings. The minimum Gasteiger partial charge on any atom is -0.493 e. The number of nitrogens with zero attached hydrogens (tertiary/aromatic N) is 1. The van der Waals surface area contributed by atoms with Crippen molar-refractivity contribution in [1.29, 1.82) is 5.26 Å². The zero-order chi connectivity index (χ0) is 17.6. The van der Waals surface area contributed by atoms with Gasteiger partial charge in [0, 0.05) is 0 Å². The number of carbonyl (C=O) groups excluding carboxylic acids is 2. The lowest BCUT2D eigenvalue weighted by Gasteiger charge is -2.21. The van der Waals surface area contributed by atoms with Crippen LogP contribution in [0, 0.1) is 11.3 Å². The third-order valence-corrected chi connectivity index (χ3v) is 4.00. The standard InChI is InChI=1S/C17H20N2O5/c1-22-13-6-5-12(9-14(13)23-2)16(21)24-10-15(20)19-17(11-18)7-3-4-8-17/h5-6,9H,3-4,7-8,10H2,1-2H3,(H,19,20). The van der Waals surface area contributed by atoms with Crippen molar-refractivity contribution >= 4 is 11.9 Å². The number of ether oxygens (including phenoxy) is 3. The van der Waals surface area contributed by atoms with E-state index in [0.717, 1.165) is 12.8 Å². The minimum absolute atomic E-state index is 0.247. The number of esters is 1. The topological polar surface area (TPSA) is 97.6 Å². The van der Waals surface area contributed by atoms with Crippen LogP contribution in [0.3, 0.4) is 0 Å². The number of nitrogens with one attached hydrogen (secondary N) is 1. The minimum atomic E-state index is -0.827. The highest BCUT2D eigenvalue weighted by Crippen LogP contribution is 2.29. The smallest absolute Gasteiger partial charge is 0.338 e. The average Bonchev–Trinajstić information content (AvgIpc) is 3.07. The summed E-state index contributed by atoms with van der Waals surface area (Å²) in [4.78, 5) is 24.0. The van der Waals surface area contributed by atoms with Crippen LogP contribution in [0.15, 0.2) is 18.2 Å². The summed E-state index contributed by atoms with van der Waals surface area (Å²) in [5, 5.41) is 11.9. The monoisotopic (exact) mass is 332 g/mol. The van der Waals surface area contributed by atoms with Crippen LogP contribution in [0.1, 0.15) is 36.0 Å². The molecule has 0 spiro atoms. The molecule has 0 atom stereocenters. The van der Waals surface area contributed by atoms with E-state index >= 15 is 0 Å². The highest BCUT2D eigenvalue weighted by Gasteiger charge is 2.35. The Morgan fingerprint density at radius 2 is 1.88 bits per heavy atom. The van der Waals surface area contributed by atoms with E-state index in [9.17, 15) is 14.9 Å². The van der Waals surface area contributed by atoms with Crippen molar-refractivity contribution in [2.24, 2.45) is 0 Å². The summed E-state index contributed by atoms with van der Waals surface area (Å²) in [5.74, 6) is -0.245. The van der Waals surface area contributed by atoms with Gasteiger partial charge in [-0.3, -0.25) is 4.79 Å². The van der Waals surface area contributed by atoms with E-state index < -0.39 is 24.0 Å². The van der Waals surface area contributed by atoms with E-state index in [2.05, 4.69) is 11.4 Å². The molecule has 0 aromatic heterocycles. The Kier molecular flexibility index (Phi) is 5.64. The van der Waals surface area contributed by atoms with E-state index in [4.69, 9.17) is 14.2 Å². The predicted molar refractivity (Wildman–Crippen MR) is 84.8 cm³/mol. The van der Waals surface area contributed by atoms with Crippen LogP contribution in [-0.2, 0) is 9.53 Å². The van der Waals surface area contributed by atoms with Gasteiger partial charge in [-0.15, -0.1) is 0 Å². The molecule has 0 aliphatic heterocycles. The molecule has 0 saturated heterocycles. The summed E-state index contributed by atoms with van der Waals surface area (Å²) in [6, 6.07) is 6.74. The highest BCUT2D eigenvalue weighted by molar-refractivity contribution is 5.92. The zero-order valence-corrected chi connectivity index (χ0v) is 13.8. The highest BCUT2D eigenvalue weighted by atomic mass is 16.5. The molecule has 0 radical (unpaired) electrons. The van der Waals surface area contributed by atoms with Gasteiger partial charge >= 0.3 is 5.97 Å². The molecule has 0 bridgehead atoms. The molecule has 0 heterocycles. The van der Waals surface area contributed by atoms with Gasteiger partial charge in [-0.05, 0) is 43.9 Å². The van der Waals surface area contributed by atoms with Crippen molar-refractivity contribution in [3.05, 3.63) is 23.8 Å². The van der Waals surface area contributed by atoms with Crippen LogP contribution in [0.5, 0.6) is 11.5 Å². The lowest BCUT2D eigenvalue weighted by molar-refractivity contribution is -0.125. The molecule has 7 nitrogen and oxygen atoms in total. The Balaban J connectivity index is 1.93. The van der Waals surface area contributed by atoms with Crippen molar-refractivity contribution < 1.29 is 23.8 Å². The summed E-state index contributed by atoms with van der Waals surface area (Å²) >= 11 is 0. The first-order valence-electron chi connectivity index (χ1n) is 7.65. The second-order valence-corrected chi connectivity index (χ2v) is 5.60. The van der Waals surface area contributed by atoms with Gasteiger partial charge in [0.05, 0.1) is 25.9 Å². The number of nitriles is 1. The lowest BCUT2D eigenvalue weighted by Crippen LogP contribution is -2.46. The van der Waals surface area contributed by atoms with Crippen molar-refractivity contribution in [2.75, 3.05) is 20.8 Å². The fourth-order valence-electron chi connectivity index (χ4n) is 2.72. The molecule has 2 rings (SSSR count). The maximum Gasteiger partial charge on any atom is 0.338 e. The zero-order valence-electron chi connectivity index (χ0n) is 13.8. The number of hydrogen-bond acceptors (Lipinski definition) is 6. The van der Waals surface area contributed by atoms with Crippen LogP contribution in [0.25, 0.3) is 0 Å². The first-order chi connectivity index (χ1) is 11.5. The third-order valence-electron chi connectivity index (χ3n) is 4.00. The average molecular weight is 332 g/mol. The second kappa shape index (κ2) is 7.68. The van der Waals surface area contributed by atoms with Gasteiger partial charge in [-0.2, -0.15) is 5.26 Å². The molecule has 7 heteroatoms. The van der Waals surface area contributed by atoms with E-state index in [1.165, 1.54) is 26.4 Å². The van der Waals surface area contributed by atoms with Crippen LogP contribution in [-0.4, -0.2) is 38.2 Å². The van der Waals surface area contributed by atoms with E-state index in [0.29, 0.717) is 24.3 Å². The lowest BCUT2D eigenvalue weighted by atomic mass is 10.00. The Morgan fingerprint density at radius 3 is 2.46 bits per heavy atom. The fourth-order valence-corrected chi connectivity index (χ4v) is 2.72. The molecular weight excluding hydrogens is 312 g/mol. The molecular formula is C17H20N2O5. The largest absolute Gasteiger partial charge is 0.493 e.